The molecule has 0 radical (unpaired) electrons. The van der Waals surface area contributed by atoms with Crippen LogP contribution in [0.4, 0.5) is 0 Å². The van der Waals surface area contributed by atoms with Crippen LogP contribution < -0.4 is 5.32 Å². The number of hydrogen-bond acceptors (Lipinski definition) is 5. The fourth-order valence-corrected chi connectivity index (χ4v) is 2.82. The smallest absolute Gasteiger partial charge is 0.306 e. The first-order valence-corrected chi connectivity index (χ1v) is 9.81. The lowest BCUT2D eigenvalue weighted by Gasteiger charge is -2.19. The number of nitrogens with one attached hydrogen (secondary N) is 1. The minimum Gasteiger partial charge on any atom is -0.460 e. The maximum Gasteiger partial charge on any atom is 0.306 e. The maximum atomic E-state index is 11.6. The highest BCUT2D eigenvalue weighted by atomic mass is 32.2. The average Bonchev–Trinajstić information content (AvgIpc) is 2.44. The number of unbranched alkanes of at least 4 members (excludes halogenated alkanes) is 5. The normalized spacial score (nSPS) is 11.2. The fraction of sp³-hybridized carbons (Fsp3) is 0.833. The van der Waals surface area contributed by atoms with Gasteiger partial charge in [-0.1, -0.05) is 37.4 Å². The highest BCUT2D eigenvalue weighted by Gasteiger charge is 2.15. The van der Waals surface area contributed by atoms with Gasteiger partial charge in [0.15, 0.2) is 5.12 Å². The number of esters is 1. The van der Waals surface area contributed by atoms with Crippen LogP contribution in [-0.2, 0) is 19.1 Å². The zero-order chi connectivity index (χ0) is 18.4. The van der Waals surface area contributed by atoms with E-state index in [-0.39, 0.29) is 17.0 Å². The summed E-state index contributed by atoms with van der Waals surface area (Å²) in [6.07, 6.45) is 7.13. The molecule has 0 heterocycles. The van der Waals surface area contributed by atoms with E-state index in [1.54, 1.807) is 0 Å². The average molecular weight is 360 g/mol. The first-order chi connectivity index (χ1) is 11.2. The van der Waals surface area contributed by atoms with E-state index in [2.05, 4.69) is 5.32 Å². The van der Waals surface area contributed by atoms with Gasteiger partial charge in [-0.05, 0) is 33.6 Å². The molecular weight excluding hydrogens is 326 g/mol. The molecule has 0 saturated carbocycles. The number of ether oxygens (including phenoxy) is 1. The van der Waals surface area contributed by atoms with Gasteiger partial charge in [0.2, 0.25) is 5.91 Å². The van der Waals surface area contributed by atoms with Crippen LogP contribution >= 0.6 is 11.8 Å². The Balaban J connectivity index is 3.37. The number of rotatable bonds is 12. The molecule has 0 aromatic carbocycles. The summed E-state index contributed by atoms with van der Waals surface area (Å²) in [6, 6.07) is 0. The Kier molecular flexibility index (Phi) is 12.7. The van der Waals surface area contributed by atoms with E-state index in [1.807, 2.05) is 20.8 Å². The van der Waals surface area contributed by atoms with Crippen molar-refractivity contribution in [1.82, 2.24) is 5.32 Å². The van der Waals surface area contributed by atoms with Gasteiger partial charge in [0.05, 0.1) is 0 Å². The van der Waals surface area contributed by atoms with Gasteiger partial charge >= 0.3 is 5.97 Å². The molecule has 6 heteroatoms. The number of carbonyl (C=O) groups is 3. The Morgan fingerprint density at radius 3 is 2.00 bits per heavy atom. The molecule has 0 rings (SSSR count). The monoisotopic (exact) mass is 359 g/mol. The lowest BCUT2D eigenvalue weighted by Crippen LogP contribution is -2.23. The van der Waals surface area contributed by atoms with Crippen LogP contribution in [-0.4, -0.2) is 34.9 Å². The minimum atomic E-state index is -0.399. The molecule has 0 aromatic rings. The zero-order valence-electron chi connectivity index (χ0n) is 15.6. The maximum absolute atomic E-state index is 11.6. The van der Waals surface area contributed by atoms with E-state index in [4.69, 9.17) is 4.74 Å². The highest BCUT2D eigenvalue weighted by Crippen LogP contribution is 2.14. The van der Waals surface area contributed by atoms with Gasteiger partial charge < -0.3 is 10.1 Å². The number of carbonyl (C=O) groups excluding carboxylic acids is 3. The van der Waals surface area contributed by atoms with Crippen molar-refractivity contribution in [1.29, 1.82) is 0 Å². The Morgan fingerprint density at radius 1 is 0.917 bits per heavy atom. The summed E-state index contributed by atoms with van der Waals surface area (Å²) in [6.45, 7) is 7.66. The van der Waals surface area contributed by atoms with Crippen molar-refractivity contribution in [2.45, 2.75) is 84.7 Å². The third-order valence-electron chi connectivity index (χ3n) is 3.17. The molecule has 0 aliphatic heterocycles. The van der Waals surface area contributed by atoms with Crippen LogP contribution in [0.1, 0.15) is 79.1 Å². The summed E-state index contributed by atoms with van der Waals surface area (Å²) in [5, 5.41) is 2.87. The summed E-state index contributed by atoms with van der Waals surface area (Å²) >= 11 is 1.29. The lowest BCUT2D eigenvalue weighted by atomic mass is 10.1. The molecule has 1 amide bonds. The number of hydrogen-bond donors (Lipinski definition) is 1. The van der Waals surface area contributed by atoms with Gasteiger partial charge in [0.25, 0.3) is 0 Å². The molecule has 24 heavy (non-hydrogen) atoms. The molecular formula is C18H33NO4S. The first kappa shape index (κ1) is 23.0. The summed E-state index contributed by atoms with van der Waals surface area (Å²) in [5.74, 6) is 0.461. The van der Waals surface area contributed by atoms with E-state index in [0.717, 1.165) is 38.5 Å². The fourth-order valence-electron chi connectivity index (χ4n) is 2.10. The predicted octanol–water partition coefficient (Wildman–Crippen LogP) is 3.84. The molecule has 0 atom stereocenters. The van der Waals surface area contributed by atoms with Gasteiger partial charge in [-0.2, -0.15) is 0 Å². The van der Waals surface area contributed by atoms with Crippen molar-refractivity contribution < 1.29 is 19.1 Å². The van der Waals surface area contributed by atoms with E-state index >= 15 is 0 Å². The van der Waals surface area contributed by atoms with E-state index in [9.17, 15) is 14.4 Å². The van der Waals surface area contributed by atoms with E-state index < -0.39 is 5.60 Å². The molecule has 0 bridgehead atoms. The molecule has 0 spiro atoms. The summed E-state index contributed by atoms with van der Waals surface area (Å²) in [4.78, 5) is 33.8. The molecule has 0 saturated heterocycles. The third-order valence-corrected chi connectivity index (χ3v) is 4.11. The van der Waals surface area contributed by atoms with Crippen molar-refractivity contribution in [3.63, 3.8) is 0 Å². The Morgan fingerprint density at radius 2 is 1.46 bits per heavy atom. The van der Waals surface area contributed by atoms with Crippen molar-refractivity contribution in [3.05, 3.63) is 0 Å². The molecule has 140 valence electrons. The van der Waals surface area contributed by atoms with Crippen LogP contribution in [0.3, 0.4) is 0 Å². The second-order valence-electron chi connectivity index (χ2n) is 6.91. The highest BCUT2D eigenvalue weighted by molar-refractivity contribution is 8.13. The van der Waals surface area contributed by atoms with Crippen LogP contribution in [0.5, 0.6) is 0 Å². The molecule has 0 aliphatic rings. The Labute approximate surface area is 150 Å². The van der Waals surface area contributed by atoms with E-state index in [1.165, 1.54) is 18.7 Å². The summed E-state index contributed by atoms with van der Waals surface area (Å²) < 4.78 is 5.26. The van der Waals surface area contributed by atoms with Crippen molar-refractivity contribution in [3.8, 4) is 0 Å². The van der Waals surface area contributed by atoms with Gasteiger partial charge in [0.1, 0.15) is 5.60 Å². The van der Waals surface area contributed by atoms with E-state index in [0.29, 0.717) is 25.1 Å². The molecule has 5 nitrogen and oxygen atoms in total. The first-order valence-electron chi connectivity index (χ1n) is 8.82. The second kappa shape index (κ2) is 13.3. The van der Waals surface area contributed by atoms with Crippen molar-refractivity contribution >= 4 is 28.8 Å². The SMILES string of the molecule is CC(=O)NCCSC(=O)CCCCCCCCC(=O)OC(C)(C)C. The predicted molar refractivity (Wildman–Crippen MR) is 98.9 cm³/mol. The van der Waals surface area contributed by atoms with Crippen LogP contribution in [0, 0.1) is 0 Å². The quantitative estimate of drug-likeness (QED) is 0.423. The van der Waals surface area contributed by atoms with Crippen molar-refractivity contribution in [2.24, 2.45) is 0 Å². The standard InChI is InChI=1S/C18H33NO4S/c1-15(20)19-13-14-24-17(22)12-10-8-6-5-7-9-11-16(21)23-18(2,3)4/h5-14H2,1-4H3,(H,19,20). The van der Waals surface area contributed by atoms with Crippen molar-refractivity contribution in [2.75, 3.05) is 12.3 Å². The van der Waals surface area contributed by atoms with Crippen LogP contribution in [0.15, 0.2) is 0 Å². The van der Waals surface area contributed by atoms with Gasteiger partial charge in [-0.3, -0.25) is 14.4 Å². The largest absolute Gasteiger partial charge is 0.460 e. The molecule has 0 aromatic heterocycles. The molecule has 0 unspecified atom stereocenters. The second-order valence-corrected chi connectivity index (χ2v) is 8.06. The number of thioether (sulfide) groups is 1. The van der Waals surface area contributed by atoms with Gasteiger partial charge in [-0.15, -0.1) is 0 Å². The Bertz CT molecular complexity index is 391. The lowest BCUT2D eigenvalue weighted by molar-refractivity contribution is -0.154. The summed E-state index contributed by atoms with van der Waals surface area (Å²) in [7, 11) is 0. The van der Waals surface area contributed by atoms with Crippen LogP contribution in [0.2, 0.25) is 0 Å². The molecule has 1 N–H and O–H groups in total. The molecule has 0 fully saturated rings. The van der Waals surface area contributed by atoms with Gasteiger partial charge in [0, 0.05) is 32.1 Å². The zero-order valence-corrected chi connectivity index (χ0v) is 16.4. The molecule has 0 aliphatic carbocycles. The Hall–Kier alpha value is -1.04. The third kappa shape index (κ3) is 17.3. The van der Waals surface area contributed by atoms with Gasteiger partial charge in [-0.25, -0.2) is 0 Å². The summed E-state index contributed by atoms with van der Waals surface area (Å²) in [5.41, 5.74) is -0.399. The minimum absolute atomic E-state index is 0.0604. The van der Waals surface area contributed by atoms with Crippen LogP contribution in [0.25, 0.3) is 0 Å². The topological polar surface area (TPSA) is 72.5 Å². The number of amides is 1.